The first-order valence-electron chi connectivity index (χ1n) is 9.20. The SMILES string of the molecule is CCCCn1c(S[C@H](C)C(=O)Nc2ccccc2OCC)nc(C)c1C. The number of benzene rings is 1. The van der Waals surface area contributed by atoms with E-state index in [2.05, 4.69) is 28.7 Å². The van der Waals surface area contributed by atoms with E-state index in [0.29, 0.717) is 18.0 Å². The highest BCUT2D eigenvalue weighted by atomic mass is 32.2. The predicted molar refractivity (Wildman–Crippen MR) is 108 cm³/mol. The number of hydrogen-bond acceptors (Lipinski definition) is 4. The summed E-state index contributed by atoms with van der Waals surface area (Å²) in [6.07, 6.45) is 2.23. The van der Waals surface area contributed by atoms with E-state index >= 15 is 0 Å². The average molecular weight is 376 g/mol. The molecule has 0 fully saturated rings. The number of aryl methyl sites for hydroxylation is 1. The number of rotatable bonds is 9. The highest BCUT2D eigenvalue weighted by molar-refractivity contribution is 8.00. The van der Waals surface area contributed by atoms with Crippen molar-refractivity contribution in [2.75, 3.05) is 11.9 Å². The lowest BCUT2D eigenvalue weighted by Gasteiger charge is -2.15. The molecule has 0 aliphatic rings. The van der Waals surface area contributed by atoms with Gasteiger partial charge in [0.2, 0.25) is 5.91 Å². The van der Waals surface area contributed by atoms with Gasteiger partial charge in [0.25, 0.3) is 0 Å². The molecule has 1 heterocycles. The van der Waals surface area contributed by atoms with E-state index < -0.39 is 0 Å². The molecule has 1 amide bonds. The van der Waals surface area contributed by atoms with E-state index in [-0.39, 0.29) is 11.2 Å². The molecule has 2 aromatic rings. The highest BCUT2D eigenvalue weighted by Gasteiger charge is 2.20. The summed E-state index contributed by atoms with van der Waals surface area (Å²) in [5.41, 5.74) is 2.90. The fraction of sp³-hybridized carbons (Fsp3) is 0.500. The molecule has 0 unspecified atom stereocenters. The molecule has 1 atom stereocenters. The van der Waals surface area contributed by atoms with Crippen LogP contribution in [0.3, 0.4) is 0 Å². The second kappa shape index (κ2) is 9.67. The number of carbonyl (C=O) groups excluding carboxylic acids is 1. The fourth-order valence-electron chi connectivity index (χ4n) is 2.59. The van der Waals surface area contributed by atoms with Gasteiger partial charge in [0.15, 0.2) is 5.16 Å². The van der Waals surface area contributed by atoms with E-state index in [1.54, 1.807) is 0 Å². The zero-order chi connectivity index (χ0) is 19.1. The summed E-state index contributed by atoms with van der Waals surface area (Å²) in [7, 11) is 0. The van der Waals surface area contributed by atoms with E-state index in [0.717, 1.165) is 30.2 Å². The summed E-state index contributed by atoms with van der Waals surface area (Å²) in [6, 6.07) is 7.51. The second-order valence-corrected chi connectivity index (χ2v) is 7.56. The average Bonchev–Trinajstić information content (AvgIpc) is 2.88. The molecular formula is C20H29N3O2S. The third kappa shape index (κ3) is 5.04. The molecule has 5 nitrogen and oxygen atoms in total. The summed E-state index contributed by atoms with van der Waals surface area (Å²) < 4.78 is 7.80. The molecule has 2 rings (SSSR count). The van der Waals surface area contributed by atoms with E-state index in [1.165, 1.54) is 17.5 Å². The number of ether oxygens (including phenoxy) is 1. The van der Waals surface area contributed by atoms with Crippen molar-refractivity contribution in [1.82, 2.24) is 9.55 Å². The van der Waals surface area contributed by atoms with Gasteiger partial charge in [-0.05, 0) is 46.2 Å². The van der Waals surface area contributed by atoms with E-state index in [4.69, 9.17) is 4.74 Å². The van der Waals surface area contributed by atoms with Crippen LogP contribution in [0.1, 0.15) is 45.0 Å². The first-order chi connectivity index (χ1) is 12.5. The molecule has 1 N–H and O–H groups in total. The maximum Gasteiger partial charge on any atom is 0.237 e. The summed E-state index contributed by atoms with van der Waals surface area (Å²) in [5.74, 6) is 0.638. The largest absolute Gasteiger partial charge is 0.492 e. The van der Waals surface area contributed by atoms with Crippen molar-refractivity contribution in [3.05, 3.63) is 35.7 Å². The van der Waals surface area contributed by atoms with Crippen molar-refractivity contribution in [2.45, 2.75) is 64.4 Å². The van der Waals surface area contributed by atoms with Gasteiger partial charge in [-0.3, -0.25) is 4.79 Å². The van der Waals surface area contributed by atoms with Crippen LogP contribution in [0.25, 0.3) is 0 Å². The Morgan fingerprint density at radius 2 is 2.04 bits per heavy atom. The van der Waals surface area contributed by atoms with Crippen molar-refractivity contribution in [3.8, 4) is 5.75 Å². The minimum Gasteiger partial charge on any atom is -0.492 e. The monoisotopic (exact) mass is 375 g/mol. The number of nitrogens with zero attached hydrogens (tertiary/aromatic N) is 2. The highest BCUT2D eigenvalue weighted by Crippen LogP contribution is 2.28. The van der Waals surface area contributed by atoms with Gasteiger partial charge in [-0.25, -0.2) is 4.98 Å². The molecule has 0 aliphatic carbocycles. The molecule has 1 aromatic carbocycles. The Hall–Kier alpha value is -1.95. The van der Waals surface area contributed by atoms with Crippen LogP contribution in [0.5, 0.6) is 5.75 Å². The van der Waals surface area contributed by atoms with Gasteiger partial charge in [-0.1, -0.05) is 37.2 Å². The Bertz CT molecular complexity index is 743. The fourth-order valence-corrected chi connectivity index (χ4v) is 3.62. The third-order valence-electron chi connectivity index (χ3n) is 4.25. The molecule has 6 heteroatoms. The van der Waals surface area contributed by atoms with E-state index in [9.17, 15) is 4.79 Å². The van der Waals surface area contributed by atoms with Crippen molar-refractivity contribution >= 4 is 23.4 Å². The lowest BCUT2D eigenvalue weighted by atomic mass is 10.3. The number of imidazole rings is 1. The normalized spacial score (nSPS) is 12.0. The first kappa shape index (κ1) is 20.4. The van der Waals surface area contributed by atoms with Crippen LogP contribution in [0.2, 0.25) is 0 Å². The molecule has 0 bridgehead atoms. The predicted octanol–water partition coefficient (Wildman–Crippen LogP) is 4.82. The Kier molecular flexibility index (Phi) is 7.57. The number of thioether (sulfide) groups is 1. The topological polar surface area (TPSA) is 56.2 Å². The lowest BCUT2D eigenvalue weighted by Crippen LogP contribution is -2.23. The van der Waals surface area contributed by atoms with Crippen LogP contribution >= 0.6 is 11.8 Å². The molecule has 26 heavy (non-hydrogen) atoms. The molecule has 0 saturated heterocycles. The zero-order valence-electron chi connectivity index (χ0n) is 16.3. The number of unbranched alkanes of at least 4 members (excludes halogenated alkanes) is 1. The summed E-state index contributed by atoms with van der Waals surface area (Å²) in [4.78, 5) is 17.3. The summed E-state index contributed by atoms with van der Waals surface area (Å²) in [5, 5.41) is 3.63. The minimum absolute atomic E-state index is 0.0532. The van der Waals surface area contributed by atoms with Gasteiger partial charge in [-0.2, -0.15) is 0 Å². The smallest absolute Gasteiger partial charge is 0.237 e. The van der Waals surface area contributed by atoms with E-state index in [1.807, 2.05) is 45.0 Å². The van der Waals surface area contributed by atoms with Crippen LogP contribution in [-0.2, 0) is 11.3 Å². The maximum absolute atomic E-state index is 12.7. The number of amides is 1. The van der Waals surface area contributed by atoms with Crippen LogP contribution in [0.4, 0.5) is 5.69 Å². The van der Waals surface area contributed by atoms with Crippen molar-refractivity contribution in [2.24, 2.45) is 0 Å². The number of carbonyl (C=O) groups is 1. The molecule has 0 saturated carbocycles. The molecule has 1 aromatic heterocycles. The third-order valence-corrected chi connectivity index (χ3v) is 5.34. The van der Waals surface area contributed by atoms with Gasteiger partial charge in [0.05, 0.1) is 23.2 Å². The number of hydrogen-bond donors (Lipinski definition) is 1. The minimum atomic E-state index is -0.258. The van der Waals surface area contributed by atoms with Crippen LogP contribution < -0.4 is 10.1 Å². The van der Waals surface area contributed by atoms with Crippen molar-refractivity contribution in [3.63, 3.8) is 0 Å². The van der Waals surface area contributed by atoms with Gasteiger partial charge in [0.1, 0.15) is 5.75 Å². The van der Waals surface area contributed by atoms with Crippen LogP contribution in [0, 0.1) is 13.8 Å². The number of para-hydroxylation sites is 2. The summed E-state index contributed by atoms with van der Waals surface area (Å²) in [6.45, 7) is 11.6. The lowest BCUT2D eigenvalue weighted by molar-refractivity contribution is -0.115. The van der Waals surface area contributed by atoms with Gasteiger partial charge in [-0.15, -0.1) is 0 Å². The van der Waals surface area contributed by atoms with Crippen LogP contribution in [0.15, 0.2) is 29.4 Å². The second-order valence-electron chi connectivity index (χ2n) is 6.25. The molecule has 0 radical (unpaired) electrons. The van der Waals surface area contributed by atoms with Gasteiger partial charge >= 0.3 is 0 Å². The standard InChI is InChI=1S/C20H29N3O2S/c1-6-8-13-23-15(4)14(3)21-20(23)26-16(5)19(24)22-17-11-9-10-12-18(17)25-7-2/h9-12,16H,6-8,13H2,1-5H3,(H,22,24)/t16-/m1/s1. The molecule has 142 valence electrons. The Balaban J connectivity index is 2.09. The Labute approximate surface area is 160 Å². The maximum atomic E-state index is 12.7. The van der Waals surface area contributed by atoms with Gasteiger partial charge < -0.3 is 14.6 Å². The van der Waals surface area contributed by atoms with Crippen molar-refractivity contribution < 1.29 is 9.53 Å². The quantitative estimate of drug-likeness (QED) is 0.639. The zero-order valence-corrected chi connectivity index (χ0v) is 17.2. The Morgan fingerprint density at radius 1 is 1.31 bits per heavy atom. The Morgan fingerprint density at radius 3 is 2.73 bits per heavy atom. The number of nitrogens with one attached hydrogen (secondary N) is 1. The molecular weight excluding hydrogens is 346 g/mol. The summed E-state index contributed by atoms with van der Waals surface area (Å²) >= 11 is 1.50. The molecule has 0 aliphatic heterocycles. The number of anilines is 1. The first-order valence-corrected chi connectivity index (χ1v) is 10.1. The number of aromatic nitrogens is 2. The van der Waals surface area contributed by atoms with Crippen LogP contribution in [-0.4, -0.2) is 27.3 Å². The van der Waals surface area contributed by atoms with Crippen molar-refractivity contribution in [1.29, 1.82) is 0 Å². The van der Waals surface area contributed by atoms with Gasteiger partial charge in [0, 0.05) is 12.2 Å². The molecule has 0 spiro atoms.